The van der Waals surface area contributed by atoms with Gasteiger partial charge in [-0.05, 0) is 49.9 Å². The van der Waals surface area contributed by atoms with Gasteiger partial charge in [0.1, 0.15) is 0 Å². The number of carbonyl (C=O) groups is 1. The average molecular weight is 299 g/mol. The molecular formula is C16H20F3NO. The predicted molar refractivity (Wildman–Crippen MR) is 75.1 cm³/mol. The molecule has 1 aromatic carbocycles. The highest BCUT2D eigenvalue weighted by molar-refractivity contribution is 5.96. The minimum absolute atomic E-state index is 0.0817. The van der Waals surface area contributed by atoms with Crippen molar-refractivity contribution in [3.8, 4) is 0 Å². The van der Waals surface area contributed by atoms with Gasteiger partial charge in [-0.3, -0.25) is 4.79 Å². The monoisotopic (exact) mass is 299 g/mol. The number of ketones is 1. The van der Waals surface area contributed by atoms with Gasteiger partial charge >= 0.3 is 6.18 Å². The van der Waals surface area contributed by atoms with Crippen molar-refractivity contribution in [1.82, 2.24) is 5.32 Å². The molecule has 0 amide bonds. The van der Waals surface area contributed by atoms with E-state index in [0.717, 1.165) is 38.1 Å². The Morgan fingerprint density at radius 2 is 2.00 bits per heavy atom. The van der Waals surface area contributed by atoms with Crippen LogP contribution in [0.4, 0.5) is 13.2 Å². The summed E-state index contributed by atoms with van der Waals surface area (Å²) in [7, 11) is 0. The molecule has 0 radical (unpaired) electrons. The number of halogens is 3. The van der Waals surface area contributed by atoms with E-state index in [1.165, 1.54) is 12.1 Å². The van der Waals surface area contributed by atoms with Gasteiger partial charge in [0.2, 0.25) is 0 Å². The second-order valence-corrected chi connectivity index (χ2v) is 5.79. The molecule has 0 bridgehead atoms. The number of nitrogens with one attached hydrogen (secondary N) is 1. The van der Waals surface area contributed by atoms with E-state index >= 15 is 0 Å². The van der Waals surface area contributed by atoms with Crippen molar-refractivity contribution >= 4 is 5.78 Å². The molecule has 1 aliphatic heterocycles. The van der Waals surface area contributed by atoms with E-state index in [-0.39, 0.29) is 11.7 Å². The molecule has 1 N–H and O–H groups in total. The Balaban J connectivity index is 1.96. The van der Waals surface area contributed by atoms with Crippen LogP contribution in [0.25, 0.3) is 0 Å². The van der Waals surface area contributed by atoms with Crippen LogP contribution in [0.3, 0.4) is 0 Å². The van der Waals surface area contributed by atoms with Crippen LogP contribution < -0.4 is 5.32 Å². The molecule has 21 heavy (non-hydrogen) atoms. The van der Waals surface area contributed by atoms with Crippen molar-refractivity contribution in [2.24, 2.45) is 11.8 Å². The Kier molecular flexibility index (Phi) is 5.04. The lowest BCUT2D eigenvalue weighted by molar-refractivity contribution is -0.137. The van der Waals surface area contributed by atoms with Gasteiger partial charge in [-0.1, -0.05) is 19.1 Å². The molecule has 0 aliphatic carbocycles. The van der Waals surface area contributed by atoms with Gasteiger partial charge in [-0.2, -0.15) is 13.2 Å². The lowest BCUT2D eigenvalue weighted by Crippen LogP contribution is -2.34. The van der Waals surface area contributed by atoms with E-state index in [0.29, 0.717) is 17.9 Å². The molecule has 5 heteroatoms. The lowest BCUT2D eigenvalue weighted by atomic mass is 9.83. The number of hydrogen-bond donors (Lipinski definition) is 1. The van der Waals surface area contributed by atoms with Gasteiger partial charge in [0, 0.05) is 12.0 Å². The first-order valence-electron chi connectivity index (χ1n) is 7.29. The van der Waals surface area contributed by atoms with E-state index in [9.17, 15) is 18.0 Å². The van der Waals surface area contributed by atoms with Crippen molar-refractivity contribution in [1.29, 1.82) is 0 Å². The zero-order valence-electron chi connectivity index (χ0n) is 12.0. The van der Waals surface area contributed by atoms with Crippen molar-refractivity contribution in [2.75, 3.05) is 13.1 Å². The summed E-state index contributed by atoms with van der Waals surface area (Å²) in [5.41, 5.74) is -0.359. The number of piperidine rings is 1. The maximum Gasteiger partial charge on any atom is 0.416 e. The number of alkyl halides is 3. The molecule has 1 aromatic rings. The summed E-state index contributed by atoms with van der Waals surface area (Å²) in [4.78, 5) is 12.2. The third-order valence-corrected chi connectivity index (χ3v) is 4.18. The van der Waals surface area contributed by atoms with Gasteiger partial charge in [0.25, 0.3) is 0 Å². The fraction of sp³-hybridized carbons (Fsp3) is 0.562. The maximum atomic E-state index is 12.5. The van der Waals surface area contributed by atoms with Gasteiger partial charge in [0.05, 0.1) is 5.56 Å². The third kappa shape index (κ3) is 4.30. The molecule has 1 aliphatic rings. The maximum absolute atomic E-state index is 12.5. The molecule has 0 spiro atoms. The summed E-state index contributed by atoms with van der Waals surface area (Å²) in [6, 6.07) is 4.49. The van der Waals surface area contributed by atoms with Crippen molar-refractivity contribution in [3.63, 3.8) is 0 Å². The Bertz CT molecular complexity index is 475. The standard InChI is InChI=1S/C16H20F3NO/c1-11(13-3-2-8-20-10-13)9-15(21)12-4-6-14(7-5-12)16(17,18)19/h4-7,11,13,20H,2-3,8-10H2,1H3. The highest BCUT2D eigenvalue weighted by atomic mass is 19.4. The van der Waals surface area contributed by atoms with Crippen LogP contribution in [0.1, 0.15) is 42.1 Å². The topological polar surface area (TPSA) is 29.1 Å². The zero-order chi connectivity index (χ0) is 15.5. The molecule has 2 rings (SSSR count). The van der Waals surface area contributed by atoms with Crippen LogP contribution in [-0.2, 0) is 6.18 Å². The summed E-state index contributed by atoms with van der Waals surface area (Å²) in [6.45, 7) is 3.98. The first-order valence-corrected chi connectivity index (χ1v) is 7.29. The van der Waals surface area contributed by atoms with E-state index in [1.54, 1.807) is 0 Å². The Hall–Kier alpha value is -1.36. The molecule has 1 heterocycles. The smallest absolute Gasteiger partial charge is 0.316 e. The number of hydrogen-bond acceptors (Lipinski definition) is 2. The molecule has 0 saturated carbocycles. The van der Waals surface area contributed by atoms with Crippen LogP contribution >= 0.6 is 0 Å². The van der Waals surface area contributed by atoms with Crippen molar-refractivity contribution in [3.05, 3.63) is 35.4 Å². The van der Waals surface area contributed by atoms with E-state index in [4.69, 9.17) is 0 Å². The first kappa shape index (κ1) is 16.0. The third-order valence-electron chi connectivity index (χ3n) is 4.18. The summed E-state index contributed by atoms with van der Waals surface area (Å²) in [5.74, 6) is 0.631. The molecule has 2 atom stereocenters. The molecule has 0 aromatic heterocycles. The molecule has 116 valence electrons. The van der Waals surface area contributed by atoms with E-state index < -0.39 is 11.7 Å². The summed E-state index contributed by atoms with van der Waals surface area (Å²) >= 11 is 0. The molecule has 2 nitrogen and oxygen atoms in total. The average Bonchev–Trinajstić information content (AvgIpc) is 2.47. The molecular weight excluding hydrogens is 279 g/mol. The Morgan fingerprint density at radius 3 is 2.52 bits per heavy atom. The summed E-state index contributed by atoms with van der Waals surface area (Å²) < 4.78 is 37.4. The normalized spacial score (nSPS) is 21.0. The number of rotatable bonds is 4. The fourth-order valence-electron chi connectivity index (χ4n) is 2.79. The summed E-state index contributed by atoms with van der Waals surface area (Å²) in [5, 5.41) is 3.32. The minimum Gasteiger partial charge on any atom is -0.316 e. The van der Waals surface area contributed by atoms with Crippen molar-refractivity contribution in [2.45, 2.75) is 32.4 Å². The SMILES string of the molecule is CC(CC(=O)c1ccc(C(F)(F)F)cc1)C1CCCNC1. The molecule has 1 fully saturated rings. The summed E-state index contributed by atoms with van der Waals surface area (Å²) in [6.07, 6.45) is -1.75. The number of benzene rings is 1. The fourth-order valence-corrected chi connectivity index (χ4v) is 2.79. The van der Waals surface area contributed by atoms with Gasteiger partial charge < -0.3 is 5.32 Å². The highest BCUT2D eigenvalue weighted by Crippen LogP contribution is 2.30. The minimum atomic E-state index is -4.36. The molecule has 1 saturated heterocycles. The van der Waals surface area contributed by atoms with Crippen LogP contribution in [-0.4, -0.2) is 18.9 Å². The Labute approximate surface area is 122 Å². The van der Waals surface area contributed by atoms with Crippen molar-refractivity contribution < 1.29 is 18.0 Å². The second kappa shape index (κ2) is 6.60. The van der Waals surface area contributed by atoms with Gasteiger partial charge in [-0.15, -0.1) is 0 Å². The first-order chi connectivity index (χ1) is 9.88. The predicted octanol–water partition coefficient (Wildman–Crippen LogP) is 3.91. The largest absolute Gasteiger partial charge is 0.416 e. The zero-order valence-corrected chi connectivity index (χ0v) is 12.0. The van der Waals surface area contributed by atoms with E-state index in [1.807, 2.05) is 6.92 Å². The quantitative estimate of drug-likeness (QED) is 0.854. The van der Waals surface area contributed by atoms with Gasteiger partial charge in [-0.25, -0.2) is 0 Å². The van der Waals surface area contributed by atoms with Gasteiger partial charge in [0.15, 0.2) is 5.78 Å². The number of carbonyl (C=O) groups excluding carboxylic acids is 1. The van der Waals surface area contributed by atoms with Crippen LogP contribution in [0.5, 0.6) is 0 Å². The van der Waals surface area contributed by atoms with Crippen LogP contribution in [0.2, 0.25) is 0 Å². The number of Topliss-reactive ketones (excluding diaryl/α,β-unsaturated/α-hetero) is 1. The van der Waals surface area contributed by atoms with Crippen LogP contribution in [0, 0.1) is 11.8 Å². The van der Waals surface area contributed by atoms with E-state index in [2.05, 4.69) is 5.32 Å². The Morgan fingerprint density at radius 1 is 1.33 bits per heavy atom. The lowest BCUT2D eigenvalue weighted by Gasteiger charge is -2.28. The highest BCUT2D eigenvalue weighted by Gasteiger charge is 2.30. The van der Waals surface area contributed by atoms with Crippen LogP contribution in [0.15, 0.2) is 24.3 Å². The molecule has 2 unspecified atom stereocenters. The second-order valence-electron chi connectivity index (χ2n) is 5.79.